The van der Waals surface area contributed by atoms with Crippen molar-refractivity contribution in [2.75, 3.05) is 52.5 Å². The van der Waals surface area contributed by atoms with E-state index in [4.69, 9.17) is 9.47 Å². The van der Waals surface area contributed by atoms with Crippen LogP contribution >= 0.6 is 15.9 Å². The van der Waals surface area contributed by atoms with E-state index in [-0.39, 0.29) is 0 Å². The number of benzene rings is 1. The Kier molecular flexibility index (Phi) is 4.76. The van der Waals surface area contributed by atoms with E-state index in [1.807, 2.05) is 0 Å². The van der Waals surface area contributed by atoms with Gasteiger partial charge in [0, 0.05) is 51.9 Å². The molecule has 6 heteroatoms. The standard InChI is InChI=1S/C17H24BrN3O2/c18-15-9-13(10-16-17(15)23-8-7-22-16)11-20-4-1-14(12-20)21-5-2-19-3-6-21/h9-10,14,19H,1-8,11-12H2. The predicted molar refractivity (Wildman–Crippen MR) is 93.3 cm³/mol. The van der Waals surface area contributed by atoms with Crippen LogP contribution in [0.15, 0.2) is 16.6 Å². The number of nitrogens with one attached hydrogen (secondary N) is 1. The summed E-state index contributed by atoms with van der Waals surface area (Å²) < 4.78 is 12.4. The largest absolute Gasteiger partial charge is 0.486 e. The second kappa shape index (κ2) is 6.97. The summed E-state index contributed by atoms with van der Waals surface area (Å²) in [5, 5.41) is 3.44. The van der Waals surface area contributed by atoms with Crippen molar-refractivity contribution in [3.05, 3.63) is 22.2 Å². The Morgan fingerprint density at radius 2 is 1.96 bits per heavy atom. The van der Waals surface area contributed by atoms with Gasteiger partial charge in [-0.05, 0) is 40.0 Å². The third-order valence-corrected chi connectivity index (χ3v) is 5.57. The van der Waals surface area contributed by atoms with E-state index in [1.165, 1.54) is 38.2 Å². The molecule has 0 saturated carbocycles. The van der Waals surface area contributed by atoms with Crippen LogP contribution in [0.1, 0.15) is 12.0 Å². The molecule has 1 N–H and O–H groups in total. The molecule has 1 atom stereocenters. The molecule has 5 nitrogen and oxygen atoms in total. The molecule has 4 rings (SSSR count). The highest BCUT2D eigenvalue weighted by molar-refractivity contribution is 9.10. The Bertz CT molecular complexity index is 563. The molecule has 2 fully saturated rings. The summed E-state index contributed by atoms with van der Waals surface area (Å²) in [6.07, 6.45) is 1.28. The van der Waals surface area contributed by atoms with Gasteiger partial charge in [0.05, 0.1) is 4.47 Å². The number of nitrogens with zero attached hydrogens (tertiary/aromatic N) is 2. The molecule has 0 spiro atoms. The van der Waals surface area contributed by atoms with Crippen molar-refractivity contribution < 1.29 is 9.47 Å². The van der Waals surface area contributed by atoms with Crippen molar-refractivity contribution in [2.24, 2.45) is 0 Å². The minimum absolute atomic E-state index is 0.628. The lowest BCUT2D eigenvalue weighted by Gasteiger charge is -2.32. The van der Waals surface area contributed by atoms with E-state index >= 15 is 0 Å². The van der Waals surface area contributed by atoms with Crippen molar-refractivity contribution in [1.82, 2.24) is 15.1 Å². The minimum Gasteiger partial charge on any atom is -0.486 e. The molecule has 1 aromatic rings. The van der Waals surface area contributed by atoms with Crippen LogP contribution in [0.2, 0.25) is 0 Å². The Hall–Kier alpha value is -0.820. The Morgan fingerprint density at radius 1 is 1.13 bits per heavy atom. The fourth-order valence-electron chi connectivity index (χ4n) is 3.81. The van der Waals surface area contributed by atoms with Crippen LogP contribution in [0.4, 0.5) is 0 Å². The maximum atomic E-state index is 5.74. The van der Waals surface area contributed by atoms with Gasteiger partial charge < -0.3 is 14.8 Å². The lowest BCUT2D eigenvalue weighted by atomic mass is 10.2. The van der Waals surface area contributed by atoms with Crippen LogP contribution < -0.4 is 14.8 Å². The molecule has 1 unspecified atom stereocenters. The van der Waals surface area contributed by atoms with Gasteiger partial charge in [0.2, 0.25) is 0 Å². The SMILES string of the molecule is Brc1cc(CN2CCC(N3CCNCC3)C2)cc2c1OCCO2. The van der Waals surface area contributed by atoms with Crippen LogP contribution in [0.3, 0.4) is 0 Å². The number of ether oxygens (including phenoxy) is 2. The van der Waals surface area contributed by atoms with Gasteiger partial charge in [0.15, 0.2) is 11.5 Å². The first-order valence-electron chi connectivity index (χ1n) is 8.55. The summed E-state index contributed by atoms with van der Waals surface area (Å²) in [5.41, 5.74) is 1.29. The van der Waals surface area contributed by atoms with E-state index in [0.29, 0.717) is 13.2 Å². The predicted octanol–water partition coefficient (Wildman–Crippen LogP) is 1.70. The molecule has 1 aromatic carbocycles. The minimum atomic E-state index is 0.628. The zero-order valence-electron chi connectivity index (χ0n) is 13.4. The topological polar surface area (TPSA) is 37.0 Å². The molecule has 3 aliphatic rings. The van der Waals surface area contributed by atoms with Crippen molar-refractivity contribution >= 4 is 15.9 Å². The van der Waals surface area contributed by atoms with Gasteiger partial charge in [0.25, 0.3) is 0 Å². The highest BCUT2D eigenvalue weighted by Crippen LogP contribution is 2.39. The molecule has 0 aliphatic carbocycles. The molecule has 23 heavy (non-hydrogen) atoms. The average Bonchev–Trinajstić information content (AvgIpc) is 3.04. The number of hydrogen-bond donors (Lipinski definition) is 1. The zero-order valence-corrected chi connectivity index (χ0v) is 15.0. The maximum absolute atomic E-state index is 5.74. The highest BCUT2D eigenvalue weighted by atomic mass is 79.9. The highest BCUT2D eigenvalue weighted by Gasteiger charge is 2.28. The molecule has 3 aliphatic heterocycles. The fourth-order valence-corrected chi connectivity index (χ4v) is 4.42. The van der Waals surface area contributed by atoms with Gasteiger partial charge >= 0.3 is 0 Å². The van der Waals surface area contributed by atoms with E-state index in [2.05, 4.69) is 43.2 Å². The summed E-state index contributed by atoms with van der Waals surface area (Å²) in [4.78, 5) is 5.21. The zero-order chi connectivity index (χ0) is 15.6. The number of likely N-dealkylation sites (tertiary alicyclic amines) is 1. The lowest BCUT2D eigenvalue weighted by molar-refractivity contribution is 0.168. The summed E-state index contributed by atoms with van der Waals surface area (Å²) in [6.45, 7) is 9.24. The van der Waals surface area contributed by atoms with E-state index < -0.39 is 0 Å². The van der Waals surface area contributed by atoms with Gasteiger partial charge in [-0.3, -0.25) is 9.80 Å². The number of halogens is 1. The summed E-state index contributed by atoms with van der Waals surface area (Å²) in [5.74, 6) is 1.72. The van der Waals surface area contributed by atoms with Gasteiger partial charge in [-0.25, -0.2) is 0 Å². The van der Waals surface area contributed by atoms with E-state index in [9.17, 15) is 0 Å². The quantitative estimate of drug-likeness (QED) is 0.862. The first-order chi connectivity index (χ1) is 11.3. The second-order valence-corrected chi connectivity index (χ2v) is 7.42. The van der Waals surface area contributed by atoms with Gasteiger partial charge in [0.1, 0.15) is 13.2 Å². The van der Waals surface area contributed by atoms with Crippen LogP contribution in [0.25, 0.3) is 0 Å². The first kappa shape index (κ1) is 15.7. The van der Waals surface area contributed by atoms with Crippen molar-refractivity contribution in [2.45, 2.75) is 19.0 Å². The molecular weight excluding hydrogens is 358 g/mol. The van der Waals surface area contributed by atoms with Crippen LogP contribution in [-0.4, -0.2) is 68.3 Å². The Labute approximate surface area is 146 Å². The van der Waals surface area contributed by atoms with Crippen molar-refractivity contribution in [3.8, 4) is 11.5 Å². The summed E-state index contributed by atoms with van der Waals surface area (Å²) in [6, 6.07) is 5.03. The van der Waals surface area contributed by atoms with E-state index in [0.717, 1.165) is 41.6 Å². The average molecular weight is 382 g/mol. The maximum Gasteiger partial charge on any atom is 0.175 e. The smallest absolute Gasteiger partial charge is 0.175 e. The molecule has 2 saturated heterocycles. The fraction of sp³-hybridized carbons (Fsp3) is 0.647. The molecule has 0 radical (unpaired) electrons. The van der Waals surface area contributed by atoms with E-state index in [1.54, 1.807) is 0 Å². The molecule has 3 heterocycles. The van der Waals surface area contributed by atoms with Gasteiger partial charge in [-0.15, -0.1) is 0 Å². The van der Waals surface area contributed by atoms with Crippen LogP contribution in [0.5, 0.6) is 11.5 Å². The molecule has 0 aromatic heterocycles. The first-order valence-corrected chi connectivity index (χ1v) is 9.34. The van der Waals surface area contributed by atoms with Crippen molar-refractivity contribution in [3.63, 3.8) is 0 Å². The number of fused-ring (bicyclic) bond motifs is 1. The second-order valence-electron chi connectivity index (χ2n) is 6.57. The van der Waals surface area contributed by atoms with Crippen LogP contribution in [-0.2, 0) is 6.54 Å². The van der Waals surface area contributed by atoms with Crippen molar-refractivity contribution in [1.29, 1.82) is 0 Å². The molecular formula is C17H24BrN3O2. The molecule has 0 bridgehead atoms. The molecule has 0 amide bonds. The number of rotatable bonds is 3. The molecule has 126 valence electrons. The number of piperazine rings is 1. The van der Waals surface area contributed by atoms with Gasteiger partial charge in [-0.1, -0.05) is 0 Å². The summed E-state index contributed by atoms with van der Waals surface area (Å²) in [7, 11) is 0. The number of hydrogen-bond acceptors (Lipinski definition) is 5. The third kappa shape index (κ3) is 3.50. The third-order valence-electron chi connectivity index (χ3n) is 4.98. The lowest BCUT2D eigenvalue weighted by Crippen LogP contribution is -2.49. The Balaban J connectivity index is 1.40. The normalized spacial score (nSPS) is 25.7. The Morgan fingerprint density at radius 3 is 2.83 bits per heavy atom. The monoisotopic (exact) mass is 381 g/mol. The van der Waals surface area contributed by atoms with Gasteiger partial charge in [-0.2, -0.15) is 0 Å². The summed E-state index contributed by atoms with van der Waals surface area (Å²) >= 11 is 3.62. The van der Waals surface area contributed by atoms with Crippen LogP contribution in [0, 0.1) is 0 Å².